The molecule has 130 valence electrons. The summed E-state index contributed by atoms with van der Waals surface area (Å²) in [6.45, 7) is 3.03. The summed E-state index contributed by atoms with van der Waals surface area (Å²) in [5.74, 6) is -0.189. The van der Waals surface area contributed by atoms with Crippen molar-refractivity contribution >= 4 is 21.6 Å². The van der Waals surface area contributed by atoms with Crippen molar-refractivity contribution in [3.8, 4) is 0 Å². The molecule has 0 fully saturated rings. The Labute approximate surface area is 138 Å². The van der Waals surface area contributed by atoms with E-state index in [1.165, 1.54) is 4.31 Å². The summed E-state index contributed by atoms with van der Waals surface area (Å²) in [6.07, 6.45) is 2.70. The van der Waals surface area contributed by atoms with E-state index in [1.807, 2.05) is 31.2 Å². The maximum Gasteiger partial charge on any atom is 0.225 e. The van der Waals surface area contributed by atoms with E-state index in [0.717, 1.165) is 23.9 Å². The molecule has 23 heavy (non-hydrogen) atoms. The Hall–Kier alpha value is -1.44. The Bertz CT molecular complexity index is 602. The monoisotopic (exact) mass is 342 g/mol. The quantitative estimate of drug-likeness (QED) is 0.659. The van der Waals surface area contributed by atoms with Crippen LogP contribution in [-0.4, -0.2) is 51.7 Å². The van der Waals surface area contributed by atoms with Crippen molar-refractivity contribution in [1.29, 1.82) is 0 Å². The fraction of sp³-hybridized carbons (Fsp3) is 0.562. The van der Waals surface area contributed by atoms with E-state index in [1.54, 1.807) is 7.11 Å². The van der Waals surface area contributed by atoms with Gasteiger partial charge in [0.25, 0.3) is 0 Å². The number of carbonyl (C=O) groups excluding carboxylic acids is 1. The highest BCUT2D eigenvalue weighted by molar-refractivity contribution is 7.88. The molecule has 1 aromatic carbocycles. The summed E-state index contributed by atoms with van der Waals surface area (Å²) >= 11 is 0. The number of carbonyl (C=O) groups is 1. The average molecular weight is 342 g/mol. The largest absolute Gasteiger partial charge is 0.385 e. The van der Waals surface area contributed by atoms with Crippen molar-refractivity contribution in [1.82, 2.24) is 4.31 Å². The molecule has 0 saturated carbocycles. The number of amides is 1. The normalized spacial score (nSPS) is 11.7. The summed E-state index contributed by atoms with van der Waals surface area (Å²) in [6, 6.07) is 7.60. The van der Waals surface area contributed by atoms with Crippen LogP contribution in [0.2, 0.25) is 0 Å². The number of nitrogens with one attached hydrogen (secondary N) is 1. The van der Waals surface area contributed by atoms with E-state index >= 15 is 0 Å². The van der Waals surface area contributed by atoms with E-state index in [-0.39, 0.29) is 18.9 Å². The van der Waals surface area contributed by atoms with Gasteiger partial charge in [0.1, 0.15) is 0 Å². The predicted octanol–water partition coefficient (Wildman–Crippen LogP) is 1.88. The van der Waals surface area contributed by atoms with Crippen LogP contribution < -0.4 is 5.32 Å². The molecular weight excluding hydrogens is 316 g/mol. The molecule has 1 rings (SSSR count). The molecular formula is C16H26N2O4S. The van der Waals surface area contributed by atoms with Crippen molar-refractivity contribution in [3.63, 3.8) is 0 Å². The molecule has 0 unspecified atom stereocenters. The fourth-order valence-corrected chi connectivity index (χ4v) is 3.10. The number of nitrogens with zero attached hydrogens (tertiary/aromatic N) is 1. The van der Waals surface area contributed by atoms with Gasteiger partial charge in [0.2, 0.25) is 15.9 Å². The molecule has 0 radical (unpaired) electrons. The first-order valence-corrected chi connectivity index (χ1v) is 9.55. The van der Waals surface area contributed by atoms with Crippen LogP contribution in [0.4, 0.5) is 5.69 Å². The minimum Gasteiger partial charge on any atom is -0.385 e. The number of sulfonamides is 1. The van der Waals surface area contributed by atoms with Crippen LogP contribution in [0, 0.1) is 0 Å². The van der Waals surface area contributed by atoms with Crippen LogP contribution in [0.1, 0.15) is 25.3 Å². The zero-order chi connectivity index (χ0) is 17.3. The fourth-order valence-electron chi connectivity index (χ4n) is 2.22. The zero-order valence-corrected chi connectivity index (χ0v) is 14.9. The minimum atomic E-state index is -3.33. The van der Waals surface area contributed by atoms with Crippen molar-refractivity contribution in [3.05, 3.63) is 29.8 Å². The molecule has 1 amide bonds. The molecule has 7 heteroatoms. The smallest absolute Gasteiger partial charge is 0.225 e. The van der Waals surface area contributed by atoms with Crippen LogP contribution >= 0.6 is 0 Å². The molecule has 0 aliphatic carbocycles. The lowest BCUT2D eigenvalue weighted by Gasteiger charge is -2.19. The number of ether oxygens (including phenoxy) is 1. The Morgan fingerprint density at radius 2 is 1.96 bits per heavy atom. The lowest BCUT2D eigenvalue weighted by atomic mass is 10.1. The number of benzene rings is 1. The van der Waals surface area contributed by atoms with Crippen molar-refractivity contribution < 1.29 is 17.9 Å². The summed E-state index contributed by atoms with van der Waals surface area (Å²) in [4.78, 5) is 12.1. The molecule has 0 aliphatic rings. The maximum absolute atomic E-state index is 12.1. The third kappa shape index (κ3) is 7.11. The molecule has 0 atom stereocenters. The predicted molar refractivity (Wildman–Crippen MR) is 92.0 cm³/mol. The SMILES string of the molecule is CCc1ccccc1NC(=O)CCN(CCCOC)S(C)(=O)=O. The average Bonchev–Trinajstić information content (AvgIpc) is 2.50. The van der Waals surface area contributed by atoms with Gasteiger partial charge in [-0.2, -0.15) is 0 Å². The first kappa shape index (κ1) is 19.6. The summed E-state index contributed by atoms with van der Waals surface area (Å²) < 4.78 is 29.8. The van der Waals surface area contributed by atoms with Gasteiger partial charge in [-0.15, -0.1) is 0 Å². The summed E-state index contributed by atoms with van der Waals surface area (Å²) in [5, 5.41) is 2.85. The molecule has 0 saturated heterocycles. The van der Waals surface area contributed by atoms with Gasteiger partial charge in [0.15, 0.2) is 0 Å². The first-order chi connectivity index (χ1) is 10.9. The highest BCUT2D eigenvalue weighted by Gasteiger charge is 2.17. The van der Waals surface area contributed by atoms with Crippen molar-refractivity contribution in [2.45, 2.75) is 26.2 Å². The second-order valence-corrected chi connectivity index (χ2v) is 7.30. The molecule has 0 aromatic heterocycles. The third-order valence-corrected chi connectivity index (χ3v) is 4.79. The molecule has 1 N–H and O–H groups in total. The number of aryl methyl sites for hydroxylation is 1. The molecule has 6 nitrogen and oxygen atoms in total. The number of hydrogen-bond acceptors (Lipinski definition) is 4. The van der Waals surface area contributed by atoms with Crippen LogP contribution in [0.3, 0.4) is 0 Å². The topological polar surface area (TPSA) is 75.7 Å². The minimum absolute atomic E-state index is 0.123. The summed E-state index contributed by atoms with van der Waals surface area (Å²) in [7, 11) is -1.76. The molecule has 0 spiro atoms. The van der Waals surface area contributed by atoms with E-state index < -0.39 is 10.0 Å². The van der Waals surface area contributed by atoms with Crippen LogP contribution in [0.15, 0.2) is 24.3 Å². The summed E-state index contributed by atoms with van der Waals surface area (Å²) in [5.41, 5.74) is 1.84. The Kier molecular flexibility index (Phi) is 8.22. The Morgan fingerprint density at radius 3 is 2.57 bits per heavy atom. The Morgan fingerprint density at radius 1 is 1.26 bits per heavy atom. The van der Waals surface area contributed by atoms with Gasteiger partial charge in [0.05, 0.1) is 6.26 Å². The number of anilines is 1. The van der Waals surface area contributed by atoms with Crippen LogP contribution in [0.25, 0.3) is 0 Å². The highest BCUT2D eigenvalue weighted by atomic mass is 32.2. The Balaban J connectivity index is 2.58. The first-order valence-electron chi connectivity index (χ1n) is 7.70. The second-order valence-electron chi connectivity index (χ2n) is 5.32. The van der Waals surface area contributed by atoms with Gasteiger partial charge in [-0.1, -0.05) is 25.1 Å². The van der Waals surface area contributed by atoms with Gasteiger partial charge in [-0.25, -0.2) is 12.7 Å². The van der Waals surface area contributed by atoms with Gasteiger partial charge < -0.3 is 10.1 Å². The van der Waals surface area contributed by atoms with E-state index in [0.29, 0.717) is 19.6 Å². The van der Waals surface area contributed by atoms with Crippen molar-refractivity contribution in [2.75, 3.05) is 38.4 Å². The van der Waals surface area contributed by atoms with Crippen LogP contribution in [0.5, 0.6) is 0 Å². The van der Waals surface area contributed by atoms with E-state index in [4.69, 9.17) is 4.74 Å². The maximum atomic E-state index is 12.1. The lowest BCUT2D eigenvalue weighted by molar-refractivity contribution is -0.116. The third-order valence-electron chi connectivity index (χ3n) is 3.49. The number of methoxy groups -OCH3 is 1. The van der Waals surface area contributed by atoms with Gasteiger partial charge in [-0.3, -0.25) is 4.79 Å². The standard InChI is InChI=1S/C16H26N2O4S/c1-4-14-8-5-6-9-15(14)17-16(19)10-12-18(23(3,20)21)11-7-13-22-2/h5-6,8-9H,4,7,10-13H2,1-3H3,(H,17,19). The van der Waals surface area contributed by atoms with Crippen molar-refractivity contribution in [2.24, 2.45) is 0 Å². The van der Waals surface area contributed by atoms with Crippen LogP contribution in [-0.2, 0) is 26.0 Å². The second kappa shape index (κ2) is 9.64. The van der Waals surface area contributed by atoms with Gasteiger partial charge >= 0.3 is 0 Å². The van der Waals surface area contributed by atoms with E-state index in [9.17, 15) is 13.2 Å². The molecule has 0 heterocycles. The highest BCUT2D eigenvalue weighted by Crippen LogP contribution is 2.15. The van der Waals surface area contributed by atoms with E-state index in [2.05, 4.69) is 5.32 Å². The molecule has 0 bridgehead atoms. The van der Waals surface area contributed by atoms with Gasteiger partial charge in [-0.05, 0) is 24.5 Å². The zero-order valence-electron chi connectivity index (χ0n) is 14.0. The number of rotatable bonds is 10. The molecule has 0 aliphatic heterocycles. The lowest BCUT2D eigenvalue weighted by Crippen LogP contribution is -2.34. The number of para-hydroxylation sites is 1. The number of hydrogen-bond donors (Lipinski definition) is 1. The van der Waals surface area contributed by atoms with Gasteiger partial charge in [0, 0.05) is 38.9 Å². The molecule has 1 aromatic rings.